The van der Waals surface area contributed by atoms with Crippen LogP contribution in [0.3, 0.4) is 0 Å². The summed E-state index contributed by atoms with van der Waals surface area (Å²) in [6.07, 6.45) is -14.3. The van der Waals surface area contributed by atoms with Gasteiger partial charge in [-0.15, -0.1) is 0 Å². The van der Waals surface area contributed by atoms with Crippen LogP contribution in [-0.4, -0.2) is 132 Å². The maximum absolute atomic E-state index is 13.0. The van der Waals surface area contributed by atoms with Crippen LogP contribution < -0.4 is 4.72 Å². The summed E-state index contributed by atoms with van der Waals surface area (Å²) >= 11 is 0. The summed E-state index contributed by atoms with van der Waals surface area (Å²) in [5.41, 5.74) is 9.04. The lowest BCUT2D eigenvalue weighted by Crippen LogP contribution is -2.41. The number of hydrogen-bond donors (Lipinski definition) is 8. The fourth-order valence-corrected chi connectivity index (χ4v) is 6.17. The van der Waals surface area contributed by atoms with E-state index in [4.69, 9.17) is 29.6 Å². The zero-order chi connectivity index (χ0) is 31.3. The largest absolute Gasteiger partial charge is 0.394 e. The Morgan fingerprint density at radius 3 is 2.35 bits per heavy atom. The Balaban J connectivity index is 1.30. The highest BCUT2D eigenvalue weighted by molar-refractivity contribution is 7.89. The number of nitrogens with one attached hydrogen (secondary N) is 1. The molecule has 2 saturated heterocycles. The van der Waals surface area contributed by atoms with Crippen LogP contribution >= 0.6 is 0 Å². The average molecular weight is 631 g/mol. The molecule has 0 saturated carbocycles. The van der Waals surface area contributed by atoms with Crippen LogP contribution in [-0.2, 0) is 29.0 Å². The van der Waals surface area contributed by atoms with Crippen molar-refractivity contribution in [3.8, 4) is 0 Å². The summed E-state index contributed by atoms with van der Waals surface area (Å²) < 4.78 is 50.2. The van der Waals surface area contributed by atoms with E-state index in [1.165, 1.54) is 12.1 Å². The van der Waals surface area contributed by atoms with E-state index in [-0.39, 0.29) is 30.2 Å². The van der Waals surface area contributed by atoms with Gasteiger partial charge in [-0.1, -0.05) is 35.4 Å². The molecule has 2 heterocycles. The number of hydrogen-bond acceptors (Lipinski definition) is 14. The van der Waals surface area contributed by atoms with E-state index in [9.17, 15) is 39.1 Å². The Morgan fingerprint density at radius 2 is 1.65 bits per heavy atom. The minimum absolute atomic E-state index is 0.0521. The van der Waals surface area contributed by atoms with Crippen LogP contribution in [0.25, 0.3) is 21.2 Å². The molecule has 2 aliphatic rings. The summed E-state index contributed by atoms with van der Waals surface area (Å²) in [7, 11) is -4.04. The van der Waals surface area contributed by atoms with Crippen molar-refractivity contribution in [2.45, 2.75) is 72.7 Å². The summed E-state index contributed by atoms with van der Waals surface area (Å²) in [4.78, 5) is 2.70. The first-order valence-electron chi connectivity index (χ1n) is 13.3. The third-order valence-corrected chi connectivity index (χ3v) is 8.66. The lowest BCUT2D eigenvalue weighted by molar-refractivity contribution is -0.217. The van der Waals surface area contributed by atoms with E-state index in [1.54, 1.807) is 24.3 Å². The highest BCUT2D eigenvalue weighted by Crippen LogP contribution is 2.31. The van der Waals surface area contributed by atoms with Crippen molar-refractivity contribution >= 4 is 26.5 Å². The zero-order valence-electron chi connectivity index (χ0n) is 22.6. The number of nitrogens with zero attached hydrogens (tertiary/aromatic N) is 3. The van der Waals surface area contributed by atoms with Gasteiger partial charge in [0.2, 0.25) is 10.0 Å². The number of aliphatic hydroxyl groups is 7. The van der Waals surface area contributed by atoms with E-state index in [1.807, 2.05) is 0 Å². The molecule has 2 fully saturated rings. The second-order valence-corrected chi connectivity index (χ2v) is 11.7. The molecule has 8 N–H and O–H groups in total. The van der Waals surface area contributed by atoms with Crippen molar-refractivity contribution in [2.24, 2.45) is 5.11 Å². The lowest BCUT2D eigenvalue weighted by Gasteiger charge is -2.25. The molecule has 10 atom stereocenters. The molecule has 2 aromatic rings. The first-order valence-corrected chi connectivity index (χ1v) is 14.8. The monoisotopic (exact) mass is 630 g/mol. The molecule has 17 nitrogen and oxygen atoms in total. The van der Waals surface area contributed by atoms with E-state index in [2.05, 4.69) is 14.7 Å². The summed E-state index contributed by atoms with van der Waals surface area (Å²) in [5.74, 6) is 0. The number of ether oxygens (including phenoxy) is 4. The van der Waals surface area contributed by atoms with Crippen LogP contribution in [0.5, 0.6) is 0 Å². The third-order valence-electron chi connectivity index (χ3n) is 7.14. The van der Waals surface area contributed by atoms with Gasteiger partial charge in [-0.3, -0.25) is 0 Å². The van der Waals surface area contributed by atoms with Gasteiger partial charge >= 0.3 is 0 Å². The van der Waals surface area contributed by atoms with Crippen molar-refractivity contribution < 1.29 is 63.1 Å². The lowest BCUT2D eigenvalue weighted by atomic mass is 10.0. The quantitative estimate of drug-likeness (QED) is 0.0490. The molecule has 0 spiro atoms. The number of rotatable bonds is 14. The van der Waals surface area contributed by atoms with Crippen LogP contribution in [0, 0.1) is 0 Å². The summed E-state index contributed by atoms with van der Waals surface area (Å²) in [6.45, 7) is -1.87. The van der Waals surface area contributed by atoms with Crippen LogP contribution in [0.15, 0.2) is 46.4 Å². The fraction of sp³-hybridized carbons (Fsp3) is 0.600. The summed E-state index contributed by atoms with van der Waals surface area (Å²) in [6, 6.07) is 9.21. The fourth-order valence-electron chi connectivity index (χ4n) is 4.94. The van der Waals surface area contributed by atoms with Gasteiger partial charge < -0.3 is 54.7 Å². The van der Waals surface area contributed by atoms with Gasteiger partial charge in [0.15, 0.2) is 12.6 Å². The number of aliphatic hydroxyl groups excluding tert-OH is 7. The third kappa shape index (κ3) is 7.42. The topological polar surface area (TPSA) is 273 Å². The maximum atomic E-state index is 13.0. The average Bonchev–Trinajstić information content (AvgIpc) is 3.43. The molecule has 2 aliphatic heterocycles. The van der Waals surface area contributed by atoms with Crippen LogP contribution in [0.2, 0.25) is 0 Å². The van der Waals surface area contributed by atoms with E-state index < -0.39 is 84.6 Å². The first kappa shape index (κ1) is 33.4. The molecule has 4 rings (SSSR count). The molecule has 0 radical (unpaired) electrons. The Bertz CT molecular complexity index is 1390. The molecule has 2 aromatic carbocycles. The minimum Gasteiger partial charge on any atom is -0.394 e. The van der Waals surface area contributed by atoms with Crippen molar-refractivity contribution in [1.82, 2.24) is 4.72 Å². The molecule has 0 aliphatic carbocycles. The molecule has 0 amide bonds. The van der Waals surface area contributed by atoms with Gasteiger partial charge in [-0.25, -0.2) is 13.1 Å². The molecular formula is C25H34N4O13S. The predicted octanol–water partition coefficient (Wildman–Crippen LogP) is -1.91. The second-order valence-electron chi connectivity index (χ2n) is 9.99. The number of benzene rings is 2. The van der Waals surface area contributed by atoms with Crippen molar-refractivity contribution in [2.75, 3.05) is 26.4 Å². The molecule has 238 valence electrons. The van der Waals surface area contributed by atoms with Crippen molar-refractivity contribution in [3.63, 3.8) is 0 Å². The smallest absolute Gasteiger partial charge is 0.241 e. The van der Waals surface area contributed by atoms with E-state index in [0.29, 0.717) is 10.8 Å². The second kappa shape index (κ2) is 14.5. The van der Waals surface area contributed by atoms with Gasteiger partial charge in [-0.2, -0.15) is 0 Å². The normalized spacial score (nSPS) is 30.8. The molecule has 0 aromatic heterocycles. The number of sulfonamides is 1. The van der Waals surface area contributed by atoms with Gasteiger partial charge in [0.1, 0.15) is 36.6 Å². The van der Waals surface area contributed by atoms with Crippen molar-refractivity contribution in [3.05, 3.63) is 46.8 Å². The van der Waals surface area contributed by atoms with Gasteiger partial charge in [0.05, 0.1) is 36.9 Å². The SMILES string of the molecule is [N-]=[N+]=Nc1cccc2c(S(=O)(=O)NCCO[C@@H]3O[C@@H](C[C@H](CO)OC4O[C@@H]([C@@H](O)CO)[C@H](O)[C@H]4O)[C@H](O)[C@H]3O)cccc12. The molecule has 18 heteroatoms. The molecule has 0 bridgehead atoms. The zero-order valence-corrected chi connectivity index (χ0v) is 23.4. The van der Waals surface area contributed by atoms with Crippen LogP contribution in [0.4, 0.5) is 5.69 Å². The Labute approximate surface area is 245 Å². The van der Waals surface area contributed by atoms with Gasteiger partial charge in [-0.05, 0) is 17.0 Å². The maximum Gasteiger partial charge on any atom is 0.241 e. The standard InChI is InChI=1S/C25H34N4O13S/c26-29-28-15-5-1-4-14-13(15)3-2-6-18(14)43(37,38)27-7-8-39-24-21(35)19(33)17(41-24)9-12(10-30)40-25-22(36)20(34)23(42-25)16(32)11-31/h1-6,12,16-17,19-25,27,30-36H,7-11H2/t12-,16+,17+,19+,20-,21-,22-,23+,24-,25?/m1/s1. The van der Waals surface area contributed by atoms with E-state index >= 15 is 0 Å². The Kier molecular flexibility index (Phi) is 11.3. The Hall–Kier alpha value is -2.52. The molecule has 43 heavy (non-hydrogen) atoms. The van der Waals surface area contributed by atoms with Crippen molar-refractivity contribution in [1.29, 1.82) is 0 Å². The van der Waals surface area contributed by atoms with E-state index in [0.717, 1.165) is 0 Å². The highest BCUT2D eigenvalue weighted by Gasteiger charge is 2.49. The molecule has 1 unspecified atom stereocenters. The first-order chi connectivity index (χ1) is 20.5. The Morgan fingerprint density at radius 1 is 0.953 bits per heavy atom. The van der Waals surface area contributed by atoms with Gasteiger partial charge in [0.25, 0.3) is 0 Å². The minimum atomic E-state index is -4.04. The van der Waals surface area contributed by atoms with Crippen LogP contribution in [0.1, 0.15) is 6.42 Å². The summed E-state index contributed by atoms with van der Waals surface area (Å²) in [5, 5.41) is 74.0. The number of fused-ring (bicyclic) bond motifs is 1. The van der Waals surface area contributed by atoms with Gasteiger partial charge in [0, 0.05) is 29.0 Å². The number of azide groups is 1. The predicted molar refractivity (Wildman–Crippen MR) is 145 cm³/mol. The molecular weight excluding hydrogens is 596 g/mol. The highest BCUT2D eigenvalue weighted by atomic mass is 32.2.